The highest BCUT2D eigenvalue weighted by Gasteiger charge is 2.35. The molecule has 148 valence electrons. The van der Waals surface area contributed by atoms with E-state index < -0.39 is 17.7 Å². The molecule has 0 spiro atoms. The number of thiazole rings is 1. The average Bonchev–Trinajstić information content (AvgIpc) is 3.16. The van der Waals surface area contributed by atoms with Crippen molar-refractivity contribution in [1.82, 2.24) is 19.5 Å². The highest BCUT2D eigenvalue weighted by molar-refractivity contribution is 7.17. The van der Waals surface area contributed by atoms with Crippen molar-refractivity contribution in [2.45, 2.75) is 19.9 Å². The van der Waals surface area contributed by atoms with Crippen LogP contribution < -0.4 is 4.90 Å². The smallest absolute Gasteiger partial charge is 0.235 e. The summed E-state index contributed by atoms with van der Waals surface area (Å²) in [6, 6.07) is 3.39. The van der Waals surface area contributed by atoms with E-state index in [1.54, 1.807) is 11.8 Å². The number of nitrogens with one attached hydrogen (secondary N) is 1. The number of hydrogen-bond donors (Lipinski definition) is 2. The lowest BCUT2D eigenvalue weighted by atomic mass is 10.0. The minimum Gasteiger partial charge on any atom is -0.492 e. The molecule has 28 heavy (non-hydrogen) atoms. The number of aromatic nitrogens is 3. The Kier molecular flexibility index (Phi) is 4.76. The SMILES string of the molecule is CC(=O)N1CC[NH+]([C@H](c2ccc(F)c(F)c2)c2sc3nc(C)nn3c2O)CC1. The molecule has 1 atom stereocenters. The first-order valence-corrected chi connectivity index (χ1v) is 9.77. The summed E-state index contributed by atoms with van der Waals surface area (Å²) in [6.07, 6.45) is 0. The van der Waals surface area contributed by atoms with Gasteiger partial charge in [0.15, 0.2) is 17.7 Å². The second-order valence-electron chi connectivity index (χ2n) is 6.91. The Morgan fingerprint density at radius 1 is 1.29 bits per heavy atom. The van der Waals surface area contributed by atoms with Crippen LogP contribution in [-0.4, -0.2) is 56.7 Å². The molecule has 3 heterocycles. The monoisotopic (exact) mass is 408 g/mol. The van der Waals surface area contributed by atoms with Gasteiger partial charge in [0.25, 0.3) is 0 Å². The van der Waals surface area contributed by atoms with E-state index in [0.29, 0.717) is 47.4 Å². The first kappa shape index (κ1) is 18.8. The Morgan fingerprint density at radius 2 is 2.00 bits per heavy atom. The number of benzene rings is 1. The largest absolute Gasteiger partial charge is 0.492 e. The van der Waals surface area contributed by atoms with Crippen LogP contribution in [0.5, 0.6) is 5.88 Å². The number of quaternary nitrogens is 1. The number of hydrogen-bond acceptors (Lipinski definition) is 5. The molecular weight excluding hydrogens is 388 g/mol. The van der Waals surface area contributed by atoms with Gasteiger partial charge < -0.3 is 14.9 Å². The first-order valence-electron chi connectivity index (χ1n) is 8.95. The summed E-state index contributed by atoms with van der Waals surface area (Å²) < 4.78 is 28.8. The second-order valence-corrected chi connectivity index (χ2v) is 7.92. The zero-order valence-corrected chi connectivity index (χ0v) is 16.3. The van der Waals surface area contributed by atoms with Crippen molar-refractivity contribution < 1.29 is 23.6 Å². The third kappa shape index (κ3) is 3.22. The Labute approximate surface area is 163 Å². The van der Waals surface area contributed by atoms with Crippen LogP contribution in [-0.2, 0) is 4.79 Å². The number of fused-ring (bicyclic) bond motifs is 1. The topological polar surface area (TPSA) is 75.2 Å². The molecule has 0 radical (unpaired) electrons. The van der Waals surface area contributed by atoms with E-state index >= 15 is 0 Å². The number of aromatic hydroxyl groups is 1. The maximum atomic E-state index is 14.0. The lowest BCUT2D eigenvalue weighted by Crippen LogP contribution is -3.15. The van der Waals surface area contributed by atoms with Gasteiger partial charge in [-0.1, -0.05) is 11.3 Å². The zero-order valence-electron chi connectivity index (χ0n) is 15.4. The predicted octanol–water partition coefficient (Wildman–Crippen LogP) is 0.919. The lowest BCUT2D eigenvalue weighted by molar-refractivity contribution is -0.929. The maximum absolute atomic E-state index is 14.0. The predicted molar refractivity (Wildman–Crippen MR) is 98.4 cm³/mol. The molecule has 1 aliphatic heterocycles. The van der Waals surface area contributed by atoms with Crippen LogP contribution in [0.2, 0.25) is 0 Å². The minimum absolute atomic E-state index is 0.0144. The molecule has 0 saturated carbocycles. The Morgan fingerprint density at radius 3 is 2.61 bits per heavy atom. The Balaban J connectivity index is 1.76. The summed E-state index contributed by atoms with van der Waals surface area (Å²) in [5.41, 5.74) is 0.557. The highest BCUT2D eigenvalue weighted by Crippen LogP contribution is 2.35. The van der Waals surface area contributed by atoms with Crippen molar-refractivity contribution in [3.05, 3.63) is 46.1 Å². The quantitative estimate of drug-likeness (QED) is 0.676. The summed E-state index contributed by atoms with van der Waals surface area (Å²) in [5, 5.41) is 14.9. The van der Waals surface area contributed by atoms with Crippen molar-refractivity contribution in [1.29, 1.82) is 0 Å². The summed E-state index contributed by atoms with van der Waals surface area (Å²) in [5.74, 6) is -1.34. The van der Waals surface area contributed by atoms with Gasteiger partial charge in [0, 0.05) is 12.5 Å². The van der Waals surface area contributed by atoms with Crippen LogP contribution in [0.15, 0.2) is 18.2 Å². The number of halogens is 2. The molecule has 3 aromatic rings. The molecule has 0 bridgehead atoms. The first-order chi connectivity index (χ1) is 13.3. The van der Waals surface area contributed by atoms with Crippen molar-refractivity contribution in [2.75, 3.05) is 26.2 Å². The summed E-state index contributed by atoms with van der Waals surface area (Å²) in [4.78, 5) is 19.9. The molecule has 1 fully saturated rings. The van der Waals surface area contributed by atoms with E-state index in [-0.39, 0.29) is 11.8 Å². The molecule has 1 aliphatic rings. The van der Waals surface area contributed by atoms with Gasteiger partial charge in [-0.15, -0.1) is 5.10 Å². The van der Waals surface area contributed by atoms with Gasteiger partial charge in [0.1, 0.15) is 10.7 Å². The molecule has 7 nitrogen and oxygen atoms in total. The number of amides is 1. The van der Waals surface area contributed by atoms with E-state index in [9.17, 15) is 18.7 Å². The van der Waals surface area contributed by atoms with Gasteiger partial charge in [-0.25, -0.2) is 13.8 Å². The van der Waals surface area contributed by atoms with Crippen LogP contribution in [0.25, 0.3) is 4.96 Å². The van der Waals surface area contributed by atoms with Gasteiger partial charge in [0.05, 0.1) is 26.2 Å². The van der Waals surface area contributed by atoms with Gasteiger partial charge in [-0.05, 0) is 25.1 Å². The van der Waals surface area contributed by atoms with Crippen LogP contribution in [0.1, 0.15) is 29.2 Å². The lowest BCUT2D eigenvalue weighted by Gasteiger charge is -2.36. The molecular formula is C18H20F2N5O2S+. The standard InChI is InChI=1S/C18H19F2N5O2S/c1-10-21-18-25(22-10)17(27)16(28-18)15(12-3-4-13(19)14(20)9-12)24-7-5-23(6-8-24)11(2)26/h3-4,9,15,27H,5-8H2,1-2H3/p+1/t15-/m1/s1. The summed E-state index contributed by atoms with van der Waals surface area (Å²) >= 11 is 1.28. The molecule has 4 rings (SSSR count). The van der Waals surface area contributed by atoms with Crippen LogP contribution >= 0.6 is 11.3 Å². The molecule has 0 aliphatic carbocycles. The second kappa shape index (κ2) is 7.10. The van der Waals surface area contributed by atoms with E-state index in [0.717, 1.165) is 11.0 Å². The maximum Gasteiger partial charge on any atom is 0.235 e. The van der Waals surface area contributed by atoms with Crippen LogP contribution in [0.4, 0.5) is 8.78 Å². The third-order valence-electron chi connectivity index (χ3n) is 5.10. The average molecular weight is 408 g/mol. The van der Waals surface area contributed by atoms with Crippen molar-refractivity contribution >= 4 is 22.2 Å². The molecule has 0 unspecified atom stereocenters. The Hall–Kier alpha value is -2.59. The zero-order chi connectivity index (χ0) is 20.0. The fourth-order valence-corrected chi connectivity index (χ4v) is 4.88. The minimum atomic E-state index is -0.931. The number of carbonyl (C=O) groups is 1. The van der Waals surface area contributed by atoms with E-state index in [4.69, 9.17) is 0 Å². The molecule has 1 aromatic carbocycles. The van der Waals surface area contributed by atoms with Gasteiger partial charge in [0.2, 0.25) is 16.7 Å². The van der Waals surface area contributed by atoms with Gasteiger partial charge in [-0.3, -0.25) is 4.79 Å². The van der Waals surface area contributed by atoms with Crippen LogP contribution in [0.3, 0.4) is 0 Å². The molecule has 1 saturated heterocycles. The molecule has 10 heteroatoms. The van der Waals surface area contributed by atoms with Crippen molar-refractivity contribution in [3.8, 4) is 5.88 Å². The van der Waals surface area contributed by atoms with E-state index in [1.807, 2.05) is 0 Å². The number of piperazine rings is 1. The van der Waals surface area contributed by atoms with Gasteiger partial charge in [-0.2, -0.15) is 4.52 Å². The van der Waals surface area contributed by atoms with E-state index in [1.165, 1.54) is 34.9 Å². The number of nitrogens with zero attached hydrogens (tertiary/aromatic N) is 4. The fraction of sp³-hybridized carbons (Fsp3) is 0.389. The third-order valence-corrected chi connectivity index (χ3v) is 6.19. The highest BCUT2D eigenvalue weighted by atomic mass is 32.1. The molecule has 1 amide bonds. The molecule has 2 N–H and O–H groups in total. The fourth-order valence-electron chi connectivity index (χ4n) is 3.70. The van der Waals surface area contributed by atoms with Crippen molar-refractivity contribution in [3.63, 3.8) is 0 Å². The summed E-state index contributed by atoms with van der Waals surface area (Å²) in [6.45, 7) is 5.63. The Bertz CT molecular complexity index is 1040. The number of rotatable bonds is 3. The van der Waals surface area contributed by atoms with Gasteiger partial charge >= 0.3 is 0 Å². The number of carbonyl (C=O) groups excluding carboxylic acids is 1. The normalized spacial score (nSPS) is 16.6. The van der Waals surface area contributed by atoms with E-state index in [2.05, 4.69) is 10.1 Å². The van der Waals surface area contributed by atoms with Crippen LogP contribution in [0, 0.1) is 18.6 Å². The number of aryl methyl sites for hydroxylation is 1. The van der Waals surface area contributed by atoms with Crippen molar-refractivity contribution in [2.24, 2.45) is 0 Å². The molecule has 2 aromatic heterocycles. The summed E-state index contributed by atoms with van der Waals surface area (Å²) in [7, 11) is 0.